The quantitative estimate of drug-likeness (QED) is 0.720. The van der Waals surface area contributed by atoms with Crippen LogP contribution in [0.25, 0.3) is 0 Å². The molecule has 0 spiro atoms. The monoisotopic (exact) mass is 221 g/mol. The van der Waals surface area contributed by atoms with Gasteiger partial charge in [-0.05, 0) is 25.0 Å². The first-order valence-corrected chi connectivity index (χ1v) is 5.68. The van der Waals surface area contributed by atoms with Gasteiger partial charge in [0.25, 0.3) is 0 Å². The van der Waals surface area contributed by atoms with Crippen molar-refractivity contribution in [2.24, 2.45) is 5.11 Å². The summed E-state index contributed by atoms with van der Waals surface area (Å²) in [5.74, 6) is 0.0738. The van der Waals surface area contributed by atoms with Gasteiger partial charge in [0, 0.05) is 24.8 Å². The molecule has 0 fully saturated rings. The fourth-order valence-electron chi connectivity index (χ4n) is 1.71. The van der Waals surface area contributed by atoms with Crippen molar-refractivity contribution < 1.29 is 5.11 Å². The molecular formula is C12H19N3O. The summed E-state index contributed by atoms with van der Waals surface area (Å²) in [4.78, 5) is 2.23. The Labute approximate surface area is 96.4 Å². The van der Waals surface area contributed by atoms with Gasteiger partial charge < -0.3 is 10.0 Å². The van der Waals surface area contributed by atoms with Crippen LogP contribution in [-0.4, -0.2) is 18.2 Å². The maximum Gasteiger partial charge on any atom is 0.145 e. The van der Waals surface area contributed by atoms with Gasteiger partial charge in [0.1, 0.15) is 11.4 Å². The summed E-state index contributed by atoms with van der Waals surface area (Å²) >= 11 is 0. The Morgan fingerprint density at radius 1 is 1.25 bits per heavy atom. The van der Waals surface area contributed by atoms with Crippen molar-refractivity contribution in [3.63, 3.8) is 0 Å². The molecule has 0 heterocycles. The van der Waals surface area contributed by atoms with Gasteiger partial charge in [-0.2, -0.15) is 5.11 Å². The number of aromatic hydroxyl groups is 1. The normalized spacial score (nSPS) is 10.1. The molecule has 0 amide bonds. The molecule has 16 heavy (non-hydrogen) atoms. The molecule has 0 saturated carbocycles. The molecule has 0 aromatic heterocycles. The SMILES string of the molecule is CCCN(CCC)c1ccc(N=N)c(O)c1. The van der Waals surface area contributed by atoms with Gasteiger partial charge >= 0.3 is 0 Å². The Hall–Kier alpha value is -1.58. The molecule has 0 aliphatic heterocycles. The van der Waals surface area contributed by atoms with Crippen LogP contribution in [0.4, 0.5) is 11.4 Å². The number of hydrogen-bond donors (Lipinski definition) is 2. The van der Waals surface area contributed by atoms with E-state index in [2.05, 4.69) is 23.9 Å². The first-order chi connectivity index (χ1) is 7.72. The molecule has 4 nitrogen and oxygen atoms in total. The van der Waals surface area contributed by atoms with E-state index in [1.54, 1.807) is 12.1 Å². The molecule has 1 aromatic carbocycles. The molecule has 0 unspecified atom stereocenters. The van der Waals surface area contributed by atoms with E-state index in [1.165, 1.54) is 0 Å². The molecule has 0 atom stereocenters. The van der Waals surface area contributed by atoms with Crippen LogP contribution in [0.15, 0.2) is 23.3 Å². The predicted octanol–water partition coefficient (Wildman–Crippen LogP) is 3.68. The molecule has 0 saturated heterocycles. The number of nitrogens with one attached hydrogen (secondary N) is 1. The molecular weight excluding hydrogens is 202 g/mol. The minimum atomic E-state index is 0.0738. The predicted molar refractivity (Wildman–Crippen MR) is 65.7 cm³/mol. The Bertz CT molecular complexity index is 346. The molecule has 0 aliphatic carbocycles. The van der Waals surface area contributed by atoms with E-state index in [0.29, 0.717) is 5.69 Å². The number of phenols is 1. The number of phenolic OH excluding ortho intramolecular Hbond substituents is 1. The second kappa shape index (κ2) is 6.10. The van der Waals surface area contributed by atoms with E-state index in [-0.39, 0.29) is 5.75 Å². The summed E-state index contributed by atoms with van der Waals surface area (Å²) in [5.41, 5.74) is 8.19. The van der Waals surface area contributed by atoms with Crippen molar-refractivity contribution >= 4 is 11.4 Å². The van der Waals surface area contributed by atoms with Gasteiger partial charge in [-0.1, -0.05) is 13.8 Å². The van der Waals surface area contributed by atoms with Gasteiger partial charge in [0.15, 0.2) is 0 Å². The van der Waals surface area contributed by atoms with Gasteiger partial charge in [-0.15, -0.1) is 0 Å². The molecule has 0 bridgehead atoms. The molecule has 0 radical (unpaired) electrons. The fourth-order valence-corrected chi connectivity index (χ4v) is 1.71. The third-order valence-corrected chi connectivity index (χ3v) is 2.43. The lowest BCUT2D eigenvalue weighted by Crippen LogP contribution is -2.24. The van der Waals surface area contributed by atoms with Gasteiger partial charge in [0.2, 0.25) is 0 Å². The van der Waals surface area contributed by atoms with E-state index >= 15 is 0 Å². The van der Waals surface area contributed by atoms with E-state index in [9.17, 15) is 5.11 Å². The van der Waals surface area contributed by atoms with Crippen LogP contribution >= 0.6 is 0 Å². The topological polar surface area (TPSA) is 59.7 Å². The van der Waals surface area contributed by atoms with Crippen molar-refractivity contribution in [3.8, 4) is 5.75 Å². The zero-order valence-corrected chi connectivity index (χ0v) is 9.90. The van der Waals surface area contributed by atoms with Crippen molar-refractivity contribution in [1.82, 2.24) is 0 Å². The largest absolute Gasteiger partial charge is 0.506 e. The van der Waals surface area contributed by atoms with Gasteiger partial charge in [-0.25, -0.2) is 5.53 Å². The van der Waals surface area contributed by atoms with E-state index in [1.807, 2.05) is 6.07 Å². The fraction of sp³-hybridized carbons (Fsp3) is 0.500. The summed E-state index contributed by atoms with van der Waals surface area (Å²) in [5, 5.41) is 12.9. The van der Waals surface area contributed by atoms with Crippen molar-refractivity contribution in [2.45, 2.75) is 26.7 Å². The van der Waals surface area contributed by atoms with Crippen LogP contribution in [0.3, 0.4) is 0 Å². The zero-order chi connectivity index (χ0) is 12.0. The molecule has 2 N–H and O–H groups in total. The Morgan fingerprint density at radius 2 is 1.88 bits per heavy atom. The molecule has 1 aromatic rings. The number of rotatable bonds is 6. The maximum absolute atomic E-state index is 9.64. The number of nitrogens with zero attached hydrogens (tertiary/aromatic N) is 2. The number of anilines is 1. The smallest absolute Gasteiger partial charge is 0.145 e. The molecule has 88 valence electrons. The second-order valence-electron chi connectivity index (χ2n) is 3.77. The highest BCUT2D eigenvalue weighted by Crippen LogP contribution is 2.30. The minimum absolute atomic E-state index is 0.0738. The van der Waals surface area contributed by atoms with Crippen LogP contribution < -0.4 is 4.90 Å². The highest BCUT2D eigenvalue weighted by Gasteiger charge is 2.07. The van der Waals surface area contributed by atoms with Crippen LogP contribution in [-0.2, 0) is 0 Å². The number of benzene rings is 1. The van der Waals surface area contributed by atoms with Crippen LogP contribution in [0, 0.1) is 5.53 Å². The number of hydrogen-bond acceptors (Lipinski definition) is 4. The molecule has 1 rings (SSSR count). The van der Waals surface area contributed by atoms with E-state index < -0.39 is 0 Å². The Balaban J connectivity index is 2.91. The summed E-state index contributed by atoms with van der Waals surface area (Å²) in [6.45, 7) is 6.22. The van der Waals surface area contributed by atoms with E-state index in [4.69, 9.17) is 5.53 Å². The van der Waals surface area contributed by atoms with Crippen LogP contribution in [0.5, 0.6) is 5.75 Å². The van der Waals surface area contributed by atoms with Crippen molar-refractivity contribution in [3.05, 3.63) is 18.2 Å². The van der Waals surface area contributed by atoms with Gasteiger partial charge in [-0.3, -0.25) is 0 Å². The molecule has 0 aliphatic rings. The lowest BCUT2D eigenvalue weighted by Gasteiger charge is -2.23. The summed E-state index contributed by atoms with van der Waals surface area (Å²) in [6, 6.07) is 5.26. The third-order valence-electron chi connectivity index (χ3n) is 2.43. The van der Waals surface area contributed by atoms with Crippen molar-refractivity contribution in [1.29, 1.82) is 5.53 Å². The first kappa shape index (κ1) is 12.5. The first-order valence-electron chi connectivity index (χ1n) is 5.68. The van der Waals surface area contributed by atoms with E-state index in [0.717, 1.165) is 31.6 Å². The molecule has 4 heteroatoms. The van der Waals surface area contributed by atoms with Gasteiger partial charge in [0.05, 0.1) is 0 Å². The highest BCUT2D eigenvalue weighted by atomic mass is 16.3. The lowest BCUT2D eigenvalue weighted by atomic mass is 10.2. The zero-order valence-electron chi connectivity index (χ0n) is 9.90. The summed E-state index contributed by atoms with van der Waals surface area (Å²) < 4.78 is 0. The lowest BCUT2D eigenvalue weighted by molar-refractivity contribution is 0.476. The van der Waals surface area contributed by atoms with Crippen LogP contribution in [0.1, 0.15) is 26.7 Å². The van der Waals surface area contributed by atoms with Crippen LogP contribution in [0.2, 0.25) is 0 Å². The third kappa shape index (κ3) is 2.95. The summed E-state index contributed by atoms with van der Waals surface area (Å²) in [7, 11) is 0. The second-order valence-corrected chi connectivity index (χ2v) is 3.77. The Morgan fingerprint density at radius 3 is 2.31 bits per heavy atom. The highest BCUT2D eigenvalue weighted by molar-refractivity contribution is 5.60. The minimum Gasteiger partial charge on any atom is -0.506 e. The maximum atomic E-state index is 9.64. The standard InChI is InChI=1S/C12H19N3O/c1-3-7-15(8-4-2)10-5-6-11(14-13)12(16)9-10/h5-6,9,13,16H,3-4,7-8H2,1-2H3. The summed E-state index contributed by atoms with van der Waals surface area (Å²) in [6.07, 6.45) is 2.15. The average molecular weight is 221 g/mol. The van der Waals surface area contributed by atoms with Crippen molar-refractivity contribution in [2.75, 3.05) is 18.0 Å². The Kier molecular flexibility index (Phi) is 4.76. The average Bonchev–Trinajstić information content (AvgIpc) is 2.28.